The molecule has 2 aliphatic rings. The SMILES string of the molecule is COC[C@@H]1CCCN1C(=O)Nc1c(-c2ccccc2F)ccnc1N1CCC(F)(F)C1. The molecule has 1 aromatic carbocycles. The number of urea groups is 1. The Hall–Kier alpha value is -2.81. The van der Waals surface area contributed by atoms with Crippen LogP contribution in [0.1, 0.15) is 19.3 Å². The number of pyridine rings is 1. The minimum absolute atomic E-state index is 0.0712. The zero-order chi connectivity index (χ0) is 22.0. The first-order chi connectivity index (χ1) is 14.9. The second-order valence-corrected chi connectivity index (χ2v) is 7.94. The van der Waals surface area contributed by atoms with Crippen LogP contribution < -0.4 is 10.2 Å². The van der Waals surface area contributed by atoms with Gasteiger partial charge >= 0.3 is 6.03 Å². The van der Waals surface area contributed by atoms with Gasteiger partial charge in [-0.05, 0) is 25.0 Å². The van der Waals surface area contributed by atoms with E-state index in [9.17, 15) is 18.0 Å². The van der Waals surface area contributed by atoms with Crippen molar-refractivity contribution in [2.24, 2.45) is 0 Å². The topological polar surface area (TPSA) is 57.7 Å². The number of likely N-dealkylation sites (tertiary alicyclic amines) is 1. The number of rotatable bonds is 5. The third kappa shape index (κ3) is 4.46. The maximum absolute atomic E-state index is 14.6. The molecule has 0 unspecified atom stereocenters. The third-order valence-electron chi connectivity index (χ3n) is 5.79. The molecule has 0 spiro atoms. The maximum atomic E-state index is 14.6. The van der Waals surface area contributed by atoms with Gasteiger partial charge in [-0.25, -0.2) is 22.9 Å². The van der Waals surface area contributed by atoms with Crippen LogP contribution >= 0.6 is 0 Å². The van der Waals surface area contributed by atoms with Gasteiger partial charge in [0.15, 0.2) is 5.82 Å². The molecule has 31 heavy (non-hydrogen) atoms. The minimum atomic E-state index is -2.84. The molecule has 1 atom stereocenters. The number of benzene rings is 1. The molecule has 2 aromatic rings. The summed E-state index contributed by atoms with van der Waals surface area (Å²) in [4.78, 5) is 20.5. The van der Waals surface area contributed by atoms with Crippen molar-refractivity contribution < 1.29 is 22.7 Å². The predicted molar refractivity (Wildman–Crippen MR) is 112 cm³/mol. The summed E-state index contributed by atoms with van der Waals surface area (Å²) in [5.41, 5.74) is 0.898. The number of aromatic nitrogens is 1. The van der Waals surface area contributed by atoms with Crippen LogP contribution in [0, 0.1) is 5.82 Å². The number of nitrogens with zero attached hydrogens (tertiary/aromatic N) is 3. The molecule has 166 valence electrons. The van der Waals surface area contributed by atoms with E-state index in [4.69, 9.17) is 4.74 Å². The number of hydrogen-bond acceptors (Lipinski definition) is 4. The van der Waals surface area contributed by atoms with E-state index >= 15 is 0 Å². The van der Waals surface area contributed by atoms with Gasteiger partial charge in [0.25, 0.3) is 5.92 Å². The van der Waals surface area contributed by atoms with Crippen LogP contribution in [0.5, 0.6) is 0 Å². The number of amides is 2. The third-order valence-corrected chi connectivity index (χ3v) is 5.79. The number of carbonyl (C=O) groups is 1. The Morgan fingerprint density at radius 1 is 1.26 bits per heavy atom. The number of alkyl halides is 2. The van der Waals surface area contributed by atoms with Crippen LogP contribution in [-0.2, 0) is 4.74 Å². The fourth-order valence-corrected chi connectivity index (χ4v) is 4.28. The molecule has 1 aromatic heterocycles. The van der Waals surface area contributed by atoms with Gasteiger partial charge in [-0.2, -0.15) is 0 Å². The fraction of sp³-hybridized carbons (Fsp3) is 0.455. The van der Waals surface area contributed by atoms with E-state index in [1.807, 2.05) is 0 Å². The van der Waals surface area contributed by atoms with E-state index < -0.39 is 18.3 Å². The molecule has 3 heterocycles. The van der Waals surface area contributed by atoms with Gasteiger partial charge < -0.3 is 19.9 Å². The number of hydrogen-bond donors (Lipinski definition) is 1. The van der Waals surface area contributed by atoms with Crippen LogP contribution in [0.25, 0.3) is 11.1 Å². The summed E-state index contributed by atoms with van der Waals surface area (Å²) in [5.74, 6) is -3.09. The molecule has 9 heteroatoms. The molecule has 0 bridgehead atoms. The van der Waals surface area contributed by atoms with Crippen LogP contribution in [-0.4, -0.2) is 61.2 Å². The van der Waals surface area contributed by atoms with Crippen molar-refractivity contribution in [3.05, 3.63) is 42.3 Å². The Morgan fingerprint density at radius 3 is 2.77 bits per heavy atom. The van der Waals surface area contributed by atoms with Crippen molar-refractivity contribution in [2.45, 2.75) is 31.2 Å². The lowest BCUT2D eigenvalue weighted by atomic mass is 10.0. The number of halogens is 3. The predicted octanol–water partition coefficient (Wildman–Crippen LogP) is 4.38. The average molecular weight is 434 g/mol. The van der Waals surface area contributed by atoms with E-state index in [1.54, 1.807) is 36.3 Å². The highest BCUT2D eigenvalue weighted by Gasteiger charge is 2.40. The highest BCUT2D eigenvalue weighted by Crippen LogP contribution is 2.39. The molecule has 2 saturated heterocycles. The van der Waals surface area contributed by atoms with Crippen molar-refractivity contribution in [2.75, 3.05) is 43.6 Å². The molecule has 2 aliphatic heterocycles. The Labute approximate surface area is 179 Å². The van der Waals surface area contributed by atoms with E-state index in [2.05, 4.69) is 10.3 Å². The van der Waals surface area contributed by atoms with Gasteiger partial charge in [-0.3, -0.25) is 0 Å². The number of ether oxygens (including phenoxy) is 1. The normalized spacial score (nSPS) is 20.3. The first kappa shape index (κ1) is 21.4. The van der Waals surface area contributed by atoms with Gasteiger partial charge in [0, 0.05) is 43.9 Å². The van der Waals surface area contributed by atoms with Crippen LogP contribution in [0.3, 0.4) is 0 Å². The standard InChI is InChI=1S/C22H25F3N4O2/c1-31-13-15-5-4-11-29(15)21(30)27-19-17(16-6-2-3-7-18(16)23)8-10-26-20(19)28-12-9-22(24,25)14-28/h2-3,6-8,10,15H,4-5,9,11-14H2,1H3,(H,27,30)/t15-/m0/s1. The monoisotopic (exact) mass is 434 g/mol. The number of anilines is 2. The van der Waals surface area contributed by atoms with Crippen molar-refractivity contribution in [3.63, 3.8) is 0 Å². The highest BCUT2D eigenvalue weighted by molar-refractivity contribution is 5.99. The number of carbonyl (C=O) groups excluding carboxylic acids is 1. The minimum Gasteiger partial charge on any atom is -0.383 e. The molecule has 0 aliphatic carbocycles. The molecular weight excluding hydrogens is 409 g/mol. The Bertz CT molecular complexity index is 956. The summed E-state index contributed by atoms with van der Waals surface area (Å²) in [6.45, 7) is 0.567. The second kappa shape index (κ2) is 8.74. The molecule has 4 rings (SSSR count). The summed E-state index contributed by atoms with van der Waals surface area (Å²) >= 11 is 0. The van der Waals surface area contributed by atoms with Crippen molar-refractivity contribution in [3.8, 4) is 11.1 Å². The van der Waals surface area contributed by atoms with Gasteiger partial charge in [0.2, 0.25) is 0 Å². The zero-order valence-corrected chi connectivity index (χ0v) is 17.3. The summed E-state index contributed by atoms with van der Waals surface area (Å²) in [6.07, 6.45) is 2.82. The van der Waals surface area contributed by atoms with E-state index in [-0.39, 0.29) is 42.1 Å². The van der Waals surface area contributed by atoms with Crippen LogP contribution in [0.2, 0.25) is 0 Å². The van der Waals surface area contributed by atoms with Gasteiger partial charge in [0.1, 0.15) is 5.82 Å². The first-order valence-electron chi connectivity index (χ1n) is 10.3. The molecule has 0 saturated carbocycles. The summed E-state index contributed by atoms with van der Waals surface area (Å²) in [5, 5.41) is 2.86. The largest absolute Gasteiger partial charge is 0.383 e. The summed E-state index contributed by atoms with van der Waals surface area (Å²) < 4.78 is 47.6. The lowest BCUT2D eigenvalue weighted by molar-refractivity contribution is 0.0257. The van der Waals surface area contributed by atoms with Gasteiger partial charge in [0.05, 0.1) is 24.9 Å². The highest BCUT2D eigenvalue weighted by atomic mass is 19.3. The Kier molecular flexibility index (Phi) is 6.04. The van der Waals surface area contributed by atoms with E-state index in [0.29, 0.717) is 18.7 Å². The van der Waals surface area contributed by atoms with E-state index in [1.165, 1.54) is 17.2 Å². The smallest absolute Gasteiger partial charge is 0.322 e. The van der Waals surface area contributed by atoms with Gasteiger partial charge in [-0.1, -0.05) is 18.2 Å². The zero-order valence-electron chi connectivity index (χ0n) is 17.3. The quantitative estimate of drug-likeness (QED) is 0.759. The van der Waals surface area contributed by atoms with E-state index in [0.717, 1.165) is 12.8 Å². The molecule has 0 radical (unpaired) electrons. The number of methoxy groups -OCH3 is 1. The Morgan fingerprint density at radius 2 is 2.06 bits per heavy atom. The second-order valence-electron chi connectivity index (χ2n) is 7.94. The molecule has 1 N–H and O–H groups in total. The Balaban J connectivity index is 1.73. The van der Waals surface area contributed by atoms with Gasteiger partial charge in [-0.15, -0.1) is 0 Å². The average Bonchev–Trinajstić information content (AvgIpc) is 3.35. The molecule has 6 nitrogen and oxygen atoms in total. The van der Waals surface area contributed by atoms with Crippen LogP contribution in [0.4, 0.5) is 29.5 Å². The first-order valence-corrected chi connectivity index (χ1v) is 10.3. The van der Waals surface area contributed by atoms with Crippen LogP contribution in [0.15, 0.2) is 36.5 Å². The molecule has 2 fully saturated rings. The summed E-state index contributed by atoms with van der Waals surface area (Å²) in [7, 11) is 1.58. The van der Waals surface area contributed by atoms with Crippen molar-refractivity contribution in [1.29, 1.82) is 0 Å². The molecule has 2 amide bonds. The fourth-order valence-electron chi connectivity index (χ4n) is 4.28. The summed E-state index contributed by atoms with van der Waals surface area (Å²) in [6, 6.07) is 7.30. The lowest BCUT2D eigenvalue weighted by Gasteiger charge is -2.27. The van der Waals surface area contributed by atoms with Crippen molar-refractivity contribution >= 4 is 17.5 Å². The lowest BCUT2D eigenvalue weighted by Crippen LogP contribution is -2.41. The maximum Gasteiger partial charge on any atom is 0.322 e. The number of nitrogens with one attached hydrogen (secondary N) is 1. The molecular formula is C22H25F3N4O2. The van der Waals surface area contributed by atoms with Crippen molar-refractivity contribution in [1.82, 2.24) is 9.88 Å².